The van der Waals surface area contributed by atoms with Gasteiger partial charge in [0.15, 0.2) is 0 Å². The van der Waals surface area contributed by atoms with Crippen molar-refractivity contribution in [1.29, 1.82) is 0 Å². The van der Waals surface area contributed by atoms with Gasteiger partial charge in [0, 0.05) is 62.7 Å². The van der Waals surface area contributed by atoms with Crippen molar-refractivity contribution in [1.82, 2.24) is 20.0 Å². The Balaban J connectivity index is 1.27. The van der Waals surface area contributed by atoms with Crippen LogP contribution in [0.1, 0.15) is 12.3 Å². The van der Waals surface area contributed by atoms with E-state index in [1.165, 1.54) is 12.1 Å². The van der Waals surface area contributed by atoms with Crippen molar-refractivity contribution < 1.29 is 13.7 Å². The van der Waals surface area contributed by atoms with Crippen molar-refractivity contribution in [3.63, 3.8) is 0 Å². The van der Waals surface area contributed by atoms with Crippen LogP contribution in [-0.4, -0.2) is 52.1 Å². The standard InChI is InChI=1S/C20H20FN5O2/c21-16-1-3-17(4-2-16)25-11-13-26(14-12-25)19(27)6-5-18-23-20(24-28-18)15-7-9-22-10-8-15/h1-4,7-10H,5-6,11-14H2. The Kier molecular flexibility index (Phi) is 5.27. The minimum Gasteiger partial charge on any atom is -0.368 e. The first kappa shape index (κ1) is 18.1. The van der Waals surface area contributed by atoms with Crippen LogP contribution in [0.4, 0.5) is 10.1 Å². The zero-order valence-electron chi connectivity index (χ0n) is 15.3. The van der Waals surface area contributed by atoms with E-state index in [9.17, 15) is 9.18 Å². The highest BCUT2D eigenvalue weighted by Crippen LogP contribution is 2.18. The lowest BCUT2D eigenvalue weighted by molar-refractivity contribution is -0.131. The summed E-state index contributed by atoms with van der Waals surface area (Å²) in [6, 6.07) is 10.1. The summed E-state index contributed by atoms with van der Waals surface area (Å²) < 4.78 is 18.3. The molecule has 1 saturated heterocycles. The molecule has 0 spiro atoms. The SMILES string of the molecule is O=C(CCc1nc(-c2ccncc2)no1)N1CCN(c2ccc(F)cc2)CC1. The van der Waals surface area contributed by atoms with Gasteiger partial charge in [0.05, 0.1) is 0 Å². The second-order valence-corrected chi connectivity index (χ2v) is 6.59. The van der Waals surface area contributed by atoms with Crippen LogP contribution in [0, 0.1) is 5.82 Å². The molecule has 0 unspecified atom stereocenters. The molecule has 8 heteroatoms. The number of nitrogens with zero attached hydrogens (tertiary/aromatic N) is 5. The Hall–Kier alpha value is -3.29. The van der Waals surface area contributed by atoms with Gasteiger partial charge in [-0.05, 0) is 36.4 Å². The van der Waals surface area contributed by atoms with E-state index in [2.05, 4.69) is 20.0 Å². The maximum Gasteiger partial charge on any atom is 0.227 e. The first-order valence-electron chi connectivity index (χ1n) is 9.20. The summed E-state index contributed by atoms with van der Waals surface area (Å²) in [6.45, 7) is 2.73. The van der Waals surface area contributed by atoms with Gasteiger partial charge in [-0.25, -0.2) is 4.39 Å². The number of amides is 1. The molecule has 3 aromatic rings. The molecule has 0 N–H and O–H groups in total. The minimum atomic E-state index is -0.245. The van der Waals surface area contributed by atoms with Gasteiger partial charge in [-0.3, -0.25) is 9.78 Å². The molecule has 0 aliphatic carbocycles. The molecule has 1 aromatic carbocycles. The Labute approximate surface area is 161 Å². The van der Waals surface area contributed by atoms with E-state index < -0.39 is 0 Å². The number of hydrogen-bond donors (Lipinski definition) is 0. The number of benzene rings is 1. The number of pyridine rings is 1. The zero-order chi connectivity index (χ0) is 19.3. The topological polar surface area (TPSA) is 75.4 Å². The van der Waals surface area contributed by atoms with Crippen molar-refractivity contribution in [2.75, 3.05) is 31.1 Å². The van der Waals surface area contributed by atoms with Crippen molar-refractivity contribution in [2.45, 2.75) is 12.8 Å². The lowest BCUT2D eigenvalue weighted by Crippen LogP contribution is -2.48. The second kappa shape index (κ2) is 8.16. The fraction of sp³-hybridized carbons (Fsp3) is 0.300. The minimum absolute atomic E-state index is 0.0717. The molecule has 1 aliphatic heterocycles. The summed E-state index contributed by atoms with van der Waals surface area (Å²) in [7, 11) is 0. The third kappa shape index (κ3) is 4.16. The molecule has 0 saturated carbocycles. The number of piperazine rings is 1. The number of carbonyl (C=O) groups is 1. The first-order valence-corrected chi connectivity index (χ1v) is 9.20. The van der Waals surface area contributed by atoms with Crippen molar-refractivity contribution >= 4 is 11.6 Å². The van der Waals surface area contributed by atoms with Crippen LogP contribution in [0.5, 0.6) is 0 Å². The fourth-order valence-corrected chi connectivity index (χ4v) is 3.21. The summed E-state index contributed by atoms with van der Waals surface area (Å²) in [6.07, 6.45) is 4.07. The van der Waals surface area contributed by atoms with Gasteiger partial charge < -0.3 is 14.3 Å². The van der Waals surface area contributed by atoms with E-state index in [1.54, 1.807) is 36.7 Å². The molecule has 28 heavy (non-hydrogen) atoms. The quantitative estimate of drug-likeness (QED) is 0.676. The van der Waals surface area contributed by atoms with Crippen molar-refractivity contribution in [2.24, 2.45) is 0 Å². The van der Waals surface area contributed by atoms with Gasteiger partial charge in [0.1, 0.15) is 5.82 Å². The zero-order valence-corrected chi connectivity index (χ0v) is 15.3. The number of aryl methyl sites for hydroxylation is 1. The Morgan fingerprint density at radius 1 is 1.04 bits per heavy atom. The van der Waals surface area contributed by atoms with Gasteiger partial charge in [-0.1, -0.05) is 5.16 Å². The van der Waals surface area contributed by atoms with Crippen LogP contribution in [0.2, 0.25) is 0 Å². The lowest BCUT2D eigenvalue weighted by Gasteiger charge is -2.36. The lowest BCUT2D eigenvalue weighted by atomic mass is 10.2. The van der Waals surface area contributed by atoms with Gasteiger partial charge in [-0.15, -0.1) is 0 Å². The van der Waals surface area contributed by atoms with Crippen LogP contribution < -0.4 is 4.90 Å². The number of hydrogen-bond acceptors (Lipinski definition) is 6. The van der Waals surface area contributed by atoms with E-state index in [4.69, 9.17) is 4.52 Å². The molecule has 0 radical (unpaired) electrons. The van der Waals surface area contributed by atoms with E-state index >= 15 is 0 Å². The van der Waals surface area contributed by atoms with Gasteiger partial charge in [0.2, 0.25) is 17.6 Å². The van der Waals surface area contributed by atoms with Crippen LogP contribution >= 0.6 is 0 Å². The third-order valence-electron chi connectivity index (χ3n) is 4.78. The highest BCUT2D eigenvalue weighted by Gasteiger charge is 2.22. The normalized spacial score (nSPS) is 14.3. The number of halogens is 1. The number of carbonyl (C=O) groups excluding carboxylic acids is 1. The molecular formula is C20H20FN5O2. The van der Waals surface area contributed by atoms with Crippen LogP contribution in [0.3, 0.4) is 0 Å². The highest BCUT2D eigenvalue weighted by molar-refractivity contribution is 5.76. The highest BCUT2D eigenvalue weighted by atomic mass is 19.1. The largest absolute Gasteiger partial charge is 0.368 e. The summed E-state index contributed by atoms with van der Waals surface area (Å²) in [5, 5.41) is 3.95. The Morgan fingerprint density at radius 3 is 2.46 bits per heavy atom. The molecular weight excluding hydrogens is 361 g/mol. The predicted octanol–water partition coefficient (Wildman–Crippen LogP) is 2.55. The molecule has 144 valence electrons. The van der Waals surface area contributed by atoms with E-state index in [0.29, 0.717) is 37.6 Å². The third-order valence-corrected chi connectivity index (χ3v) is 4.78. The molecule has 0 atom stereocenters. The Morgan fingerprint density at radius 2 is 1.75 bits per heavy atom. The fourth-order valence-electron chi connectivity index (χ4n) is 3.21. The van der Waals surface area contributed by atoms with Crippen molar-refractivity contribution in [3.05, 3.63) is 60.5 Å². The Bertz CT molecular complexity index is 921. The summed E-state index contributed by atoms with van der Waals surface area (Å²) in [5.41, 5.74) is 1.80. The van der Waals surface area contributed by atoms with Gasteiger partial charge in [-0.2, -0.15) is 4.98 Å². The van der Waals surface area contributed by atoms with Gasteiger partial charge in [0.25, 0.3) is 0 Å². The summed E-state index contributed by atoms with van der Waals surface area (Å²) in [4.78, 5) is 24.8. The van der Waals surface area contributed by atoms with Crippen LogP contribution in [0.15, 0.2) is 53.3 Å². The smallest absolute Gasteiger partial charge is 0.227 e. The van der Waals surface area contributed by atoms with E-state index in [0.717, 1.165) is 24.3 Å². The number of rotatable bonds is 5. The van der Waals surface area contributed by atoms with Crippen molar-refractivity contribution in [3.8, 4) is 11.4 Å². The predicted molar refractivity (Wildman–Crippen MR) is 101 cm³/mol. The van der Waals surface area contributed by atoms with Gasteiger partial charge >= 0.3 is 0 Å². The molecule has 1 aliphatic rings. The van der Waals surface area contributed by atoms with E-state index in [1.807, 2.05) is 4.90 Å². The first-order chi connectivity index (χ1) is 13.7. The molecule has 2 aromatic heterocycles. The number of aromatic nitrogens is 3. The number of anilines is 1. The molecule has 7 nitrogen and oxygen atoms in total. The average Bonchev–Trinajstić information content (AvgIpc) is 3.22. The maximum atomic E-state index is 13.1. The van der Waals surface area contributed by atoms with E-state index in [-0.39, 0.29) is 11.7 Å². The summed E-state index contributed by atoms with van der Waals surface area (Å²) in [5.74, 6) is 0.774. The summed E-state index contributed by atoms with van der Waals surface area (Å²) >= 11 is 0. The van der Waals surface area contributed by atoms with Crippen LogP contribution in [0.25, 0.3) is 11.4 Å². The maximum absolute atomic E-state index is 13.1. The molecule has 0 bridgehead atoms. The molecule has 4 rings (SSSR count). The molecule has 1 amide bonds. The monoisotopic (exact) mass is 381 g/mol. The molecule has 1 fully saturated rings. The second-order valence-electron chi connectivity index (χ2n) is 6.59. The molecule has 3 heterocycles. The van der Waals surface area contributed by atoms with Crippen LogP contribution in [-0.2, 0) is 11.2 Å². The average molecular weight is 381 g/mol.